The minimum Gasteiger partial charge on any atom is -0.322 e. The number of amides is 2. The molecule has 1 unspecified atom stereocenters. The fourth-order valence-electron chi connectivity index (χ4n) is 1.34. The fraction of sp³-hybridized carbons (Fsp3) is 0.333. The minimum absolute atomic E-state index is 0.418. The number of nitrogens with one attached hydrogen (secondary N) is 2. The molecule has 0 aliphatic carbocycles. The van der Waals surface area contributed by atoms with Gasteiger partial charge in [0.25, 0.3) is 0 Å². The normalized spacial score (nSPS) is 11.4. The summed E-state index contributed by atoms with van der Waals surface area (Å²) in [5, 5.41) is 14.4. The van der Waals surface area contributed by atoms with E-state index in [1.165, 1.54) is 0 Å². The zero-order chi connectivity index (χ0) is 12.7. The summed E-state index contributed by atoms with van der Waals surface area (Å²) in [5.41, 5.74) is 0.528. The van der Waals surface area contributed by atoms with Crippen molar-refractivity contribution in [1.29, 1.82) is 5.26 Å². The van der Waals surface area contributed by atoms with Crippen molar-refractivity contribution in [1.82, 2.24) is 5.32 Å². The number of carbonyl (C=O) groups excluding carboxylic acids is 1. The SMILES string of the molecule is CCCC(C#N)NC(=O)Nc1ccccc1Cl. The topological polar surface area (TPSA) is 64.9 Å². The van der Waals surface area contributed by atoms with Crippen molar-refractivity contribution in [2.45, 2.75) is 25.8 Å². The van der Waals surface area contributed by atoms with E-state index >= 15 is 0 Å². The first kappa shape index (κ1) is 13.3. The van der Waals surface area contributed by atoms with E-state index in [9.17, 15) is 4.79 Å². The van der Waals surface area contributed by atoms with Crippen molar-refractivity contribution >= 4 is 23.3 Å². The molecule has 0 saturated heterocycles. The smallest absolute Gasteiger partial charge is 0.320 e. The molecule has 0 aliphatic rings. The van der Waals surface area contributed by atoms with Crippen molar-refractivity contribution in [2.75, 3.05) is 5.32 Å². The third-order valence-corrected chi connectivity index (χ3v) is 2.49. The molecule has 2 N–H and O–H groups in total. The summed E-state index contributed by atoms with van der Waals surface area (Å²) in [6.07, 6.45) is 1.47. The molecule has 4 nitrogen and oxygen atoms in total. The second kappa shape index (κ2) is 6.77. The highest BCUT2D eigenvalue weighted by molar-refractivity contribution is 6.33. The fourth-order valence-corrected chi connectivity index (χ4v) is 1.52. The number of anilines is 1. The first-order chi connectivity index (χ1) is 8.17. The van der Waals surface area contributed by atoms with Gasteiger partial charge in [-0.2, -0.15) is 5.26 Å². The highest BCUT2D eigenvalue weighted by atomic mass is 35.5. The molecule has 0 spiro atoms. The minimum atomic E-state index is -0.470. The van der Waals surface area contributed by atoms with E-state index in [0.717, 1.165) is 6.42 Å². The Morgan fingerprint density at radius 3 is 2.82 bits per heavy atom. The van der Waals surface area contributed by atoms with E-state index in [-0.39, 0.29) is 0 Å². The molecule has 90 valence electrons. The highest BCUT2D eigenvalue weighted by Gasteiger charge is 2.10. The summed E-state index contributed by atoms with van der Waals surface area (Å²) in [4.78, 5) is 11.6. The van der Waals surface area contributed by atoms with Crippen molar-refractivity contribution in [3.05, 3.63) is 29.3 Å². The number of para-hydroxylation sites is 1. The second-order valence-electron chi connectivity index (χ2n) is 3.55. The van der Waals surface area contributed by atoms with Crippen LogP contribution in [0.3, 0.4) is 0 Å². The number of benzene rings is 1. The molecule has 0 saturated carbocycles. The molecule has 0 aliphatic heterocycles. The van der Waals surface area contributed by atoms with Crippen LogP contribution in [0.2, 0.25) is 5.02 Å². The molecule has 0 heterocycles. The van der Waals surface area contributed by atoms with Crippen LogP contribution in [0.25, 0.3) is 0 Å². The van der Waals surface area contributed by atoms with Crippen LogP contribution in [0.1, 0.15) is 19.8 Å². The lowest BCUT2D eigenvalue weighted by Crippen LogP contribution is -2.37. The number of urea groups is 1. The molecular formula is C12H14ClN3O. The zero-order valence-corrected chi connectivity index (χ0v) is 10.3. The molecule has 1 atom stereocenters. The number of halogens is 1. The second-order valence-corrected chi connectivity index (χ2v) is 3.96. The molecular weight excluding hydrogens is 238 g/mol. The molecule has 1 aromatic rings. The molecule has 0 fully saturated rings. The Labute approximate surface area is 106 Å². The van der Waals surface area contributed by atoms with Crippen molar-refractivity contribution in [2.24, 2.45) is 0 Å². The van der Waals surface area contributed by atoms with Gasteiger partial charge >= 0.3 is 6.03 Å². The van der Waals surface area contributed by atoms with Gasteiger partial charge in [0, 0.05) is 0 Å². The Morgan fingerprint density at radius 1 is 1.53 bits per heavy atom. The van der Waals surface area contributed by atoms with Crippen LogP contribution < -0.4 is 10.6 Å². The van der Waals surface area contributed by atoms with Crippen LogP contribution >= 0.6 is 11.6 Å². The molecule has 0 aromatic heterocycles. The van der Waals surface area contributed by atoms with Crippen LogP contribution in [0.5, 0.6) is 0 Å². The Bertz CT molecular complexity index is 428. The van der Waals surface area contributed by atoms with Crippen LogP contribution in [0.15, 0.2) is 24.3 Å². The van der Waals surface area contributed by atoms with E-state index in [4.69, 9.17) is 16.9 Å². The molecule has 1 rings (SSSR count). The molecule has 5 heteroatoms. The number of hydrogen-bond donors (Lipinski definition) is 2. The Balaban J connectivity index is 2.56. The summed E-state index contributed by atoms with van der Waals surface area (Å²) in [5.74, 6) is 0. The lowest BCUT2D eigenvalue weighted by atomic mass is 10.2. The number of hydrogen-bond acceptors (Lipinski definition) is 2. The van der Waals surface area contributed by atoms with Crippen molar-refractivity contribution < 1.29 is 4.79 Å². The Morgan fingerprint density at radius 2 is 2.24 bits per heavy atom. The number of rotatable bonds is 4. The summed E-state index contributed by atoms with van der Waals surface area (Å²) in [6, 6.07) is 8.08. The van der Waals surface area contributed by atoms with Crippen LogP contribution in [0.4, 0.5) is 10.5 Å². The first-order valence-corrected chi connectivity index (χ1v) is 5.76. The Kier molecular flexibility index (Phi) is 5.31. The maximum absolute atomic E-state index is 11.6. The van der Waals surface area contributed by atoms with Crippen molar-refractivity contribution in [3.63, 3.8) is 0 Å². The summed E-state index contributed by atoms with van der Waals surface area (Å²) in [7, 11) is 0. The van der Waals surface area contributed by atoms with Gasteiger partial charge in [0.05, 0.1) is 16.8 Å². The maximum Gasteiger partial charge on any atom is 0.320 e. The largest absolute Gasteiger partial charge is 0.322 e. The summed E-state index contributed by atoms with van der Waals surface area (Å²) < 4.78 is 0. The molecule has 0 radical (unpaired) electrons. The lowest BCUT2D eigenvalue weighted by molar-refractivity contribution is 0.250. The van der Waals surface area contributed by atoms with Gasteiger partial charge in [-0.3, -0.25) is 0 Å². The predicted octanol–water partition coefficient (Wildman–Crippen LogP) is 3.15. The third-order valence-electron chi connectivity index (χ3n) is 2.16. The van der Waals surface area contributed by atoms with Crippen molar-refractivity contribution in [3.8, 4) is 6.07 Å². The van der Waals surface area contributed by atoms with Gasteiger partial charge in [0.1, 0.15) is 6.04 Å². The van der Waals surface area contributed by atoms with Gasteiger partial charge in [-0.05, 0) is 18.6 Å². The van der Waals surface area contributed by atoms with Gasteiger partial charge in [-0.1, -0.05) is 37.1 Å². The van der Waals surface area contributed by atoms with E-state index in [1.54, 1.807) is 24.3 Å². The van der Waals surface area contributed by atoms with Gasteiger partial charge in [0.15, 0.2) is 0 Å². The molecule has 2 amide bonds. The molecule has 1 aromatic carbocycles. The van der Waals surface area contributed by atoms with E-state index in [0.29, 0.717) is 17.1 Å². The van der Waals surface area contributed by atoms with Gasteiger partial charge in [0.2, 0.25) is 0 Å². The first-order valence-electron chi connectivity index (χ1n) is 5.39. The standard InChI is InChI=1S/C12H14ClN3O/c1-2-5-9(8-14)15-12(17)16-11-7-4-3-6-10(11)13/h3-4,6-7,9H,2,5H2,1H3,(H2,15,16,17). The van der Waals surface area contributed by atoms with E-state index in [2.05, 4.69) is 10.6 Å². The number of nitriles is 1. The summed E-state index contributed by atoms with van der Waals surface area (Å²) >= 11 is 5.89. The van der Waals surface area contributed by atoms with E-state index in [1.807, 2.05) is 13.0 Å². The number of nitrogens with zero attached hydrogens (tertiary/aromatic N) is 1. The summed E-state index contributed by atoms with van der Waals surface area (Å²) in [6.45, 7) is 1.96. The predicted molar refractivity (Wildman–Crippen MR) is 67.9 cm³/mol. The van der Waals surface area contributed by atoms with Crippen LogP contribution in [-0.4, -0.2) is 12.1 Å². The maximum atomic E-state index is 11.6. The quantitative estimate of drug-likeness (QED) is 0.863. The average molecular weight is 252 g/mol. The van der Waals surface area contributed by atoms with Gasteiger partial charge in [-0.25, -0.2) is 4.79 Å². The van der Waals surface area contributed by atoms with Gasteiger partial charge < -0.3 is 10.6 Å². The van der Waals surface area contributed by atoms with E-state index < -0.39 is 12.1 Å². The average Bonchev–Trinajstić information content (AvgIpc) is 2.31. The molecule has 0 bridgehead atoms. The molecule has 17 heavy (non-hydrogen) atoms. The van der Waals surface area contributed by atoms with Gasteiger partial charge in [-0.15, -0.1) is 0 Å². The van der Waals surface area contributed by atoms with Crippen LogP contribution in [0, 0.1) is 11.3 Å². The van der Waals surface area contributed by atoms with Crippen LogP contribution in [-0.2, 0) is 0 Å². The lowest BCUT2D eigenvalue weighted by Gasteiger charge is -2.12. The Hall–Kier alpha value is -1.73. The number of carbonyl (C=O) groups is 1. The monoisotopic (exact) mass is 251 g/mol. The third kappa shape index (κ3) is 4.33. The zero-order valence-electron chi connectivity index (χ0n) is 9.53. The highest BCUT2D eigenvalue weighted by Crippen LogP contribution is 2.20.